The van der Waals surface area contributed by atoms with Gasteiger partial charge in [0.25, 0.3) is 0 Å². The maximum atomic E-state index is 12.5. The fourth-order valence-electron chi connectivity index (χ4n) is 9.21. The van der Waals surface area contributed by atoms with Gasteiger partial charge in [-0.25, -0.2) is 0 Å². The summed E-state index contributed by atoms with van der Waals surface area (Å²) in [6.45, 7) is 17.4. The summed E-state index contributed by atoms with van der Waals surface area (Å²) in [4.78, 5) is 25.0. The number of benzene rings is 4. The van der Waals surface area contributed by atoms with Gasteiger partial charge in [-0.1, -0.05) is 0 Å². The first-order chi connectivity index (χ1) is 24.8. The molecule has 269 valence electrons. The monoisotopic (exact) mass is 899 g/mol. The average Bonchev–Trinajstić information content (AvgIpc) is 3.70. The molecule has 4 aromatic rings. The van der Waals surface area contributed by atoms with Crippen LogP contribution in [-0.2, 0) is 25.5 Å². The summed E-state index contributed by atoms with van der Waals surface area (Å²) < 4.78 is -1.66. The van der Waals surface area contributed by atoms with E-state index in [-0.39, 0.29) is 7.35 Å². The van der Waals surface area contributed by atoms with Crippen molar-refractivity contribution < 1.29 is 25.5 Å². The molecule has 0 saturated heterocycles. The summed E-state index contributed by atoms with van der Waals surface area (Å²) in [5, 5.41) is 6.00. The first-order valence-electron chi connectivity index (χ1n) is 18.6. The van der Waals surface area contributed by atoms with Gasteiger partial charge < -0.3 is 0 Å². The molecule has 0 saturated carbocycles. The number of hydrogen-bond donors (Lipinski definition) is 2. The van der Waals surface area contributed by atoms with Gasteiger partial charge >= 0.3 is 321 Å². The molecule has 0 radical (unpaired) electrons. The second-order valence-corrected chi connectivity index (χ2v) is 45.4. The second kappa shape index (κ2) is 14.9. The Kier molecular flexibility index (Phi) is 11.1. The number of rotatable bonds is 13. The van der Waals surface area contributed by atoms with Crippen molar-refractivity contribution in [3.63, 3.8) is 0 Å². The number of amides is 2. The van der Waals surface area contributed by atoms with E-state index < -0.39 is 20.5 Å². The maximum absolute atomic E-state index is 12.5. The predicted octanol–water partition coefficient (Wildman–Crippen LogP) is 11.5. The van der Waals surface area contributed by atoms with Crippen LogP contribution in [0, 0.1) is 41.5 Å². The van der Waals surface area contributed by atoms with Crippen LogP contribution < -0.4 is 10.5 Å². The third kappa shape index (κ3) is 6.11. The van der Waals surface area contributed by atoms with Crippen LogP contribution in [0.1, 0.15) is 103 Å². The van der Waals surface area contributed by atoms with Crippen molar-refractivity contribution in [3.05, 3.63) is 127 Å². The van der Waals surface area contributed by atoms with Crippen LogP contribution in [0.4, 0.5) is 0 Å². The van der Waals surface area contributed by atoms with Gasteiger partial charge in [-0.2, -0.15) is 0 Å². The van der Waals surface area contributed by atoms with Crippen molar-refractivity contribution in [1.82, 2.24) is 10.5 Å². The molecule has 2 atom stereocenters. The molecule has 0 bridgehead atoms. The van der Waals surface area contributed by atoms with Crippen LogP contribution in [0.15, 0.2) is 71.8 Å². The molecule has 2 aliphatic rings. The molecule has 2 amide bonds. The van der Waals surface area contributed by atoms with Crippen LogP contribution in [0.25, 0.3) is 34.4 Å². The van der Waals surface area contributed by atoms with Crippen LogP contribution >= 0.6 is 17.2 Å². The number of fused-ring (bicyclic) bond motifs is 2. The molecule has 0 aromatic heterocycles. The molecule has 52 heavy (non-hydrogen) atoms. The topological polar surface area (TPSA) is 58.2 Å². The SMILES string of the molecule is CCCC1=Cc2c(-c3ccc(C)c(C)c3C)cccc2[CH]1[Hf]([Cl])([Cl])([B](NC=O)NC=O)[CH]1C(CCC)=Cc2c(-c3ccc(C)c(C)c3C)cccc21. The van der Waals surface area contributed by atoms with Gasteiger partial charge in [-0.3, -0.25) is 0 Å². The van der Waals surface area contributed by atoms with E-state index in [1.54, 1.807) is 0 Å². The van der Waals surface area contributed by atoms with Crippen molar-refractivity contribution in [3.8, 4) is 22.3 Å². The summed E-state index contributed by atoms with van der Waals surface area (Å²) >= 11 is -6.01. The summed E-state index contributed by atoms with van der Waals surface area (Å²) in [5.41, 5.74) is 19.0. The number of nitrogens with one attached hydrogen (secondary N) is 2. The molecule has 8 heteroatoms. The van der Waals surface area contributed by atoms with Crippen LogP contribution in [0.5, 0.6) is 0 Å². The van der Waals surface area contributed by atoms with E-state index in [4.69, 9.17) is 17.2 Å². The van der Waals surface area contributed by atoms with E-state index in [1.807, 2.05) is 0 Å². The molecule has 2 aliphatic carbocycles. The Balaban J connectivity index is 1.68. The molecule has 4 nitrogen and oxygen atoms in total. The van der Waals surface area contributed by atoms with Crippen molar-refractivity contribution in [1.29, 1.82) is 0 Å². The predicted molar refractivity (Wildman–Crippen MR) is 219 cm³/mol. The van der Waals surface area contributed by atoms with Gasteiger partial charge in [0.15, 0.2) is 0 Å². The molecule has 0 heterocycles. The Morgan fingerprint density at radius 1 is 0.596 bits per heavy atom. The van der Waals surface area contributed by atoms with Gasteiger partial charge in [0.1, 0.15) is 0 Å². The third-order valence-corrected chi connectivity index (χ3v) is 40.9. The number of carbonyl (C=O) groups excluding carboxylic acids is 2. The molecule has 6 rings (SSSR count). The molecule has 2 unspecified atom stereocenters. The van der Waals surface area contributed by atoms with E-state index in [2.05, 4.69) is 139 Å². The minimum absolute atomic E-state index is 0.366. The Morgan fingerprint density at radius 2 is 1.00 bits per heavy atom. The quantitative estimate of drug-likeness (QED) is 0.104. The molecule has 2 N–H and O–H groups in total. The fourth-order valence-corrected chi connectivity index (χ4v) is 38.9. The van der Waals surface area contributed by atoms with Gasteiger partial charge in [0.2, 0.25) is 0 Å². The molecule has 0 aliphatic heterocycles. The summed E-state index contributed by atoms with van der Waals surface area (Å²) in [6, 6.07) is 21.8. The first-order valence-corrected chi connectivity index (χ1v) is 33.7. The van der Waals surface area contributed by atoms with Crippen molar-refractivity contribution in [2.24, 2.45) is 0 Å². The Morgan fingerprint density at radius 3 is 1.37 bits per heavy atom. The number of aryl methyl sites for hydroxylation is 2. The molecular formula is C44H50BCl2HfN2O2. The number of allylic oxidation sites excluding steroid dienone is 2. The molecular weight excluding hydrogens is 849 g/mol. The van der Waals surface area contributed by atoms with Crippen molar-refractivity contribution in [2.45, 2.75) is 88.4 Å². The summed E-state index contributed by atoms with van der Waals surface area (Å²) in [7, 11) is 17.3. The van der Waals surface area contributed by atoms with Crippen LogP contribution in [0.3, 0.4) is 0 Å². The van der Waals surface area contributed by atoms with Crippen molar-refractivity contribution in [2.75, 3.05) is 0 Å². The zero-order valence-corrected chi connectivity index (χ0v) is 36.8. The second-order valence-electron chi connectivity index (χ2n) is 15.0. The normalized spacial score (nSPS) is 17.0. The third-order valence-electron chi connectivity index (χ3n) is 12.2. The van der Waals surface area contributed by atoms with Crippen molar-refractivity contribution >= 4 is 46.7 Å². The molecule has 0 spiro atoms. The van der Waals surface area contributed by atoms with Gasteiger partial charge in [0.05, 0.1) is 0 Å². The zero-order chi connectivity index (χ0) is 37.6. The van der Waals surface area contributed by atoms with E-state index >= 15 is 0 Å². The Bertz CT molecular complexity index is 2010. The summed E-state index contributed by atoms with van der Waals surface area (Å²) in [6.07, 6.45) is 9.31. The average molecular weight is 899 g/mol. The fraction of sp³-hybridized carbons (Fsp3) is 0.318. The van der Waals surface area contributed by atoms with Gasteiger partial charge in [0, 0.05) is 0 Å². The van der Waals surface area contributed by atoms with E-state index in [0.717, 1.165) is 59.1 Å². The Labute approximate surface area is 318 Å². The summed E-state index contributed by atoms with van der Waals surface area (Å²) in [5.74, 6) is 0. The van der Waals surface area contributed by atoms with Crippen LogP contribution in [-0.4, -0.2) is 17.4 Å². The van der Waals surface area contributed by atoms with E-state index in [0.29, 0.717) is 12.8 Å². The number of carbonyl (C=O) groups is 2. The molecule has 0 fully saturated rings. The van der Waals surface area contributed by atoms with Gasteiger partial charge in [-0.05, 0) is 0 Å². The van der Waals surface area contributed by atoms with Gasteiger partial charge in [-0.15, -0.1) is 0 Å². The zero-order valence-electron chi connectivity index (χ0n) is 31.7. The van der Waals surface area contributed by atoms with Crippen LogP contribution in [0.2, 0.25) is 0 Å². The molecule has 4 aromatic carbocycles. The first kappa shape index (κ1) is 38.5. The van der Waals surface area contributed by atoms with E-state index in [9.17, 15) is 9.59 Å². The Hall–Kier alpha value is -3.18. The standard InChI is InChI=1S/2C21H23.C2H3BN2O2.2ClH.Hf/c2*1-5-7-17-12-18-8-6-9-20(21(18)13-17)19-11-10-14(2)15(3)16(19)4;6-1-4-3-5-2-7;;;/h2*6,8-13H,5,7H2,1-4H3;1-2H,(H-,4,5,6,7);2*1H;/q;;;;;+1/p-1. The van der Waals surface area contributed by atoms with E-state index in [1.165, 1.54) is 55.7 Å². The number of halogens is 2. The minimum atomic E-state index is -6.01. The number of hydrogen-bond acceptors (Lipinski definition) is 2.